The molecule has 8 nitrogen and oxygen atoms in total. The Morgan fingerprint density at radius 3 is 2.67 bits per heavy atom. The highest BCUT2D eigenvalue weighted by atomic mass is 19.1. The first-order valence-corrected chi connectivity index (χ1v) is 10.9. The molecule has 0 unspecified atom stereocenters. The van der Waals surface area contributed by atoms with E-state index in [0.29, 0.717) is 13.1 Å². The van der Waals surface area contributed by atoms with Gasteiger partial charge in [0.05, 0.1) is 23.0 Å². The summed E-state index contributed by atoms with van der Waals surface area (Å²) < 4.78 is 15.7. The lowest BCUT2D eigenvalue weighted by molar-refractivity contribution is -0.132. The Balaban J connectivity index is 1.17. The highest BCUT2D eigenvalue weighted by Crippen LogP contribution is 2.27. The number of carbonyl (C=O) groups excluding carboxylic acids is 2. The molecule has 4 aromatic rings. The lowest BCUT2D eigenvalue weighted by Crippen LogP contribution is -2.39. The topological polar surface area (TPSA) is 95.9 Å². The molecule has 9 heteroatoms. The molecule has 0 atom stereocenters. The average molecular weight is 446 g/mol. The van der Waals surface area contributed by atoms with Gasteiger partial charge in [-0.25, -0.2) is 9.37 Å². The van der Waals surface area contributed by atoms with E-state index in [-0.39, 0.29) is 29.8 Å². The normalized spacial score (nSPS) is 14.5. The van der Waals surface area contributed by atoms with Crippen molar-refractivity contribution in [2.24, 2.45) is 0 Å². The first-order chi connectivity index (χ1) is 16.1. The average Bonchev–Trinajstić information content (AvgIpc) is 3.49. The smallest absolute Gasteiger partial charge is 0.276 e. The minimum Gasteiger partial charge on any atom is -0.341 e. The number of nitrogens with zero attached hydrogens (tertiary/aromatic N) is 4. The Kier molecular flexibility index (Phi) is 5.60. The molecule has 1 saturated heterocycles. The second-order valence-electron chi connectivity index (χ2n) is 8.16. The summed E-state index contributed by atoms with van der Waals surface area (Å²) in [7, 11) is 0. The van der Waals surface area contributed by atoms with Gasteiger partial charge < -0.3 is 14.8 Å². The van der Waals surface area contributed by atoms with Crippen molar-refractivity contribution in [3.05, 3.63) is 78.1 Å². The van der Waals surface area contributed by atoms with Crippen LogP contribution in [-0.2, 0) is 11.3 Å². The molecule has 1 aliphatic heterocycles. The molecular weight excluding hydrogens is 423 g/mol. The minimum atomic E-state index is -0.498. The van der Waals surface area contributed by atoms with Gasteiger partial charge in [-0.2, -0.15) is 5.10 Å². The summed E-state index contributed by atoms with van der Waals surface area (Å²) in [5.41, 5.74) is 2.99. The van der Waals surface area contributed by atoms with Crippen molar-refractivity contribution in [2.75, 3.05) is 18.4 Å². The number of hydrogen-bond acceptors (Lipinski definition) is 4. The number of halogens is 1. The van der Waals surface area contributed by atoms with Crippen LogP contribution in [0.4, 0.5) is 10.1 Å². The first kappa shape index (κ1) is 20.9. The van der Waals surface area contributed by atoms with Gasteiger partial charge in [-0.15, -0.1) is 0 Å². The highest BCUT2D eigenvalue weighted by molar-refractivity contribution is 6.03. The van der Waals surface area contributed by atoms with E-state index in [4.69, 9.17) is 0 Å². The quantitative estimate of drug-likeness (QED) is 0.490. The van der Waals surface area contributed by atoms with Crippen molar-refractivity contribution in [2.45, 2.75) is 25.3 Å². The van der Waals surface area contributed by atoms with Crippen molar-refractivity contribution < 1.29 is 14.0 Å². The predicted octanol–water partition coefficient (Wildman–Crippen LogP) is 3.56. The number of nitrogens with one attached hydrogen (secondary N) is 2. The number of piperidine rings is 1. The van der Waals surface area contributed by atoms with Gasteiger partial charge in [-0.3, -0.25) is 14.7 Å². The van der Waals surface area contributed by atoms with Crippen LogP contribution < -0.4 is 5.32 Å². The van der Waals surface area contributed by atoms with Gasteiger partial charge in [-0.05, 0) is 43.2 Å². The number of H-pyrrole nitrogens is 1. The summed E-state index contributed by atoms with van der Waals surface area (Å²) in [6.45, 7) is 1.52. The van der Waals surface area contributed by atoms with E-state index >= 15 is 0 Å². The highest BCUT2D eigenvalue weighted by Gasteiger charge is 2.26. The van der Waals surface area contributed by atoms with Gasteiger partial charge in [0.1, 0.15) is 12.4 Å². The molecule has 2 aromatic carbocycles. The van der Waals surface area contributed by atoms with E-state index in [2.05, 4.69) is 20.5 Å². The molecule has 1 aliphatic rings. The number of likely N-dealkylation sites (tertiary alicyclic amines) is 1. The Labute approximate surface area is 189 Å². The molecule has 0 radical (unpaired) electrons. The molecule has 33 heavy (non-hydrogen) atoms. The molecule has 168 valence electrons. The van der Waals surface area contributed by atoms with Crippen LogP contribution in [0.5, 0.6) is 0 Å². The summed E-state index contributed by atoms with van der Waals surface area (Å²) in [5, 5.41) is 9.58. The lowest BCUT2D eigenvalue weighted by atomic mass is 9.93. The zero-order chi connectivity index (χ0) is 22.8. The Morgan fingerprint density at radius 1 is 1.09 bits per heavy atom. The van der Waals surface area contributed by atoms with E-state index in [0.717, 1.165) is 29.6 Å². The summed E-state index contributed by atoms with van der Waals surface area (Å²) >= 11 is 0. The summed E-state index contributed by atoms with van der Waals surface area (Å²) in [6, 6.07) is 15.5. The van der Waals surface area contributed by atoms with Crippen LogP contribution in [0.1, 0.15) is 34.9 Å². The number of benzene rings is 2. The zero-order valence-electron chi connectivity index (χ0n) is 17.9. The van der Waals surface area contributed by atoms with Crippen LogP contribution in [0.25, 0.3) is 11.0 Å². The number of carbonyl (C=O) groups is 2. The second-order valence-corrected chi connectivity index (χ2v) is 8.16. The van der Waals surface area contributed by atoms with Crippen molar-refractivity contribution in [3.63, 3.8) is 0 Å². The molecule has 5 rings (SSSR count). The maximum Gasteiger partial charge on any atom is 0.276 e. The van der Waals surface area contributed by atoms with E-state index in [9.17, 15) is 14.0 Å². The van der Waals surface area contributed by atoms with Gasteiger partial charge in [0.15, 0.2) is 5.69 Å². The van der Waals surface area contributed by atoms with E-state index in [1.54, 1.807) is 24.5 Å². The van der Waals surface area contributed by atoms with E-state index in [1.807, 2.05) is 33.7 Å². The largest absolute Gasteiger partial charge is 0.341 e. The third kappa shape index (κ3) is 4.34. The molecule has 0 bridgehead atoms. The van der Waals surface area contributed by atoms with Crippen LogP contribution in [0.15, 0.2) is 60.9 Å². The SMILES string of the molecule is O=C(Nc1ccccc1F)c1cc(C2CCN(C(=O)Cn3cnc4ccccc43)CC2)[nH]n1. The zero-order valence-corrected chi connectivity index (χ0v) is 17.9. The lowest BCUT2D eigenvalue weighted by Gasteiger charge is -2.31. The molecule has 1 fully saturated rings. The molecule has 0 aliphatic carbocycles. The standard InChI is InChI=1S/C24H23FN6O2/c25-17-5-1-2-6-18(17)27-24(33)21-13-20(28-29-21)16-9-11-30(12-10-16)23(32)14-31-15-26-19-7-3-4-8-22(19)31/h1-8,13,15-16H,9-12,14H2,(H,27,33)(H,28,29). The Bertz CT molecular complexity index is 1310. The summed E-state index contributed by atoms with van der Waals surface area (Å²) in [6.07, 6.45) is 3.24. The molecule has 0 saturated carbocycles. The number of para-hydroxylation sites is 3. The van der Waals surface area contributed by atoms with Gasteiger partial charge in [0, 0.05) is 24.7 Å². The third-order valence-corrected chi connectivity index (χ3v) is 6.07. The van der Waals surface area contributed by atoms with Gasteiger partial charge in [0.2, 0.25) is 5.91 Å². The maximum atomic E-state index is 13.8. The Morgan fingerprint density at radius 2 is 1.85 bits per heavy atom. The number of imidazole rings is 1. The number of anilines is 1. The van der Waals surface area contributed by atoms with Crippen LogP contribution in [0.3, 0.4) is 0 Å². The van der Waals surface area contributed by atoms with Crippen molar-refractivity contribution >= 4 is 28.5 Å². The molecule has 0 spiro atoms. The minimum absolute atomic E-state index is 0.0613. The van der Waals surface area contributed by atoms with Gasteiger partial charge in [0.25, 0.3) is 5.91 Å². The second kappa shape index (κ2) is 8.85. The number of aromatic nitrogens is 4. The van der Waals surface area contributed by atoms with E-state index in [1.165, 1.54) is 12.1 Å². The number of fused-ring (bicyclic) bond motifs is 1. The molecule has 2 amide bonds. The number of amides is 2. The number of hydrogen-bond donors (Lipinski definition) is 2. The predicted molar refractivity (Wildman–Crippen MR) is 121 cm³/mol. The van der Waals surface area contributed by atoms with Crippen LogP contribution in [0, 0.1) is 5.82 Å². The van der Waals surface area contributed by atoms with Crippen molar-refractivity contribution in [1.29, 1.82) is 0 Å². The van der Waals surface area contributed by atoms with Crippen LogP contribution in [0.2, 0.25) is 0 Å². The molecule has 3 heterocycles. The third-order valence-electron chi connectivity index (χ3n) is 6.07. The maximum absolute atomic E-state index is 13.8. The first-order valence-electron chi connectivity index (χ1n) is 10.9. The fraction of sp³-hybridized carbons (Fsp3) is 0.250. The fourth-order valence-corrected chi connectivity index (χ4v) is 4.23. The van der Waals surface area contributed by atoms with Crippen molar-refractivity contribution in [3.8, 4) is 0 Å². The molecule has 2 N–H and O–H groups in total. The van der Waals surface area contributed by atoms with E-state index < -0.39 is 11.7 Å². The number of aromatic amines is 1. The van der Waals surface area contributed by atoms with Crippen LogP contribution in [-0.4, -0.2) is 49.6 Å². The van der Waals surface area contributed by atoms with Crippen LogP contribution >= 0.6 is 0 Å². The van der Waals surface area contributed by atoms with Gasteiger partial charge in [-0.1, -0.05) is 24.3 Å². The summed E-state index contributed by atoms with van der Waals surface area (Å²) in [4.78, 5) is 31.5. The fourth-order valence-electron chi connectivity index (χ4n) is 4.23. The monoisotopic (exact) mass is 446 g/mol. The van der Waals surface area contributed by atoms with Gasteiger partial charge >= 0.3 is 0 Å². The molecular formula is C24H23FN6O2. The van der Waals surface area contributed by atoms with Crippen molar-refractivity contribution in [1.82, 2.24) is 24.6 Å². The Hall–Kier alpha value is -4.01. The molecule has 2 aromatic heterocycles. The number of rotatable bonds is 5. The summed E-state index contributed by atoms with van der Waals surface area (Å²) in [5.74, 6) is -0.734.